The molecule has 0 aliphatic rings. The molecular formula is C12H15FN2O3. The summed E-state index contributed by atoms with van der Waals surface area (Å²) in [6.45, 7) is 0.269. The normalized spacial score (nSPS) is 11.7. The Balaban J connectivity index is 2.50. The molecule has 0 aromatic heterocycles. The van der Waals surface area contributed by atoms with Gasteiger partial charge in [-0.05, 0) is 17.7 Å². The Morgan fingerprint density at radius 2 is 2.33 bits per heavy atom. The van der Waals surface area contributed by atoms with Gasteiger partial charge >= 0.3 is 0 Å². The van der Waals surface area contributed by atoms with Crippen LogP contribution in [0.5, 0.6) is 0 Å². The number of carbonyl (C=O) groups excluding carboxylic acids is 2. The topological polar surface area (TPSA) is 67.4 Å². The molecule has 2 amide bonds. The van der Waals surface area contributed by atoms with Crippen LogP contribution in [-0.4, -0.2) is 32.1 Å². The quantitative estimate of drug-likeness (QED) is 0.683. The summed E-state index contributed by atoms with van der Waals surface area (Å²) in [6, 6.07) is 5.17. The summed E-state index contributed by atoms with van der Waals surface area (Å²) < 4.78 is 17.7. The van der Waals surface area contributed by atoms with Crippen molar-refractivity contribution in [2.75, 3.05) is 13.7 Å². The lowest BCUT2D eigenvalue weighted by atomic mass is 10.2. The van der Waals surface area contributed by atoms with E-state index in [0.717, 1.165) is 0 Å². The highest BCUT2D eigenvalue weighted by atomic mass is 19.1. The first-order chi connectivity index (χ1) is 8.67. The summed E-state index contributed by atoms with van der Waals surface area (Å²) in [4.78, 5) is 22.0. The average Bonchev–Trinajstić information content (AvgIpc) is 2.36. The van der Waals surface area contributed by atoms with Crippen LogP contribution < -0.4 is 10.6 Å². The lowest BCUT2D eigenvalue weighted by Crippen LogP contribution is -2.46. The van der Waals surface area contributed by atoms with Gasteiger partial charge in [-0.1, -0.05) is 12.1 Å². The first-order valence-electron chi connectivity index (χ1n) is 5.38. The minimum Gasteiger partial charge on any atom is -0.382 e. The van der Waals surface area contributed by atoms with E-state index in [-0.39, 0.29) is 24.9 Å². The molecule has 2 N–H and O–H groups in total. The van der Waals surface area contributed by atoms with E-state index in [1.54, 1.807) is 12.1 Å². The van der Waals surface area contributed by atoms with Gasteiger partial charge in [0.15, 0.2) is 0 Å². The lowest BCUT2D eigenvalue weighted by Gasteiger charge is -2.14. The molecule has 1 atom stereocenters. The molecule has 0 bridgehead atoms. The van der Waals surface area contributed by atoms with E-state index >= 15 is 0 Å². The van der Waals surface area contributed by atoms with E-state index in [0.29, 0.717) is 12.0 Å². The van der Waals surface area contributed by atoms with Crippen molar-refractivity contribution < 1.29 is 18.7 Å². The van der Waals surface area contributed by atoms with E-state index in [1.165, 1.54) is 19.2 Å². The zero-order valence-corrected chi connectivity index (χ0v) is 9.98. The first-order valence-corrected chi connectivity index (χ1v) is 5.38. The summed E-state index contributed by atoms with van der Waals surface area (Å²) in [7, 11) is 1.43. The largest absolute Gasteiger partial charge is 0.382 e. The summed E-state index contributed by atoms with van der Waals surface area (Å²) in [6.07, 6.45) is 0.436. The predicted octanol–water partition coefficient (Wildman–Crippen LogP) is 0.203. The molecule has 0 aliphatic heterocycles. The molecule has 1 unspecified atom stereocenters. The molecule has 98 valence electrons. The zero-order valence-electron chi connectivity index (χ0n) is 9.98. The molecule has 0 saturated heterocycles. The molecule has 0 radical (unpaired) electrons. The Morgan fingerprint density at radius 3 is 2.94 bits per heavy atom. The molecule has 0 aliphatic carbocycles. The van der Waals surface area contributed by atoms with E-state index in [2.05, 4.69) is 10.6 Å². The number of hydrogen-bond acceptors (Lipinski definition) is 3. The Hall–Kier alpha value is -1.95. The monoisotopic (exact) mass is 254 g/mol. The van der Waals surface area contributed by atoms with Gasteiger partial charge in [0.2, 0.25) is 12.3 Å². The van der Waals surface area contributed by atoms with Crippen molar-refractivity contribution in [3.05, 3.63) is 35.6 Å². The van der Waals surface area contributed by atoms with Gasteiger partial charge in [-0.3, -0.25) is 9.59 Å². The average molecular weight is 254 g/mol. The summed E-state index contributed by atoms with van der Waals surface area (Å²) in [5, 5.41) is 4.93. The maximum atomic E-state index is 12.9. The van der Waals surface area contributed by atoms with Crippen molar-refractivity contribution >= 4 is 12.3 Å². The molecule has 1 aromatic carbocycles. The molecule has 0 fully saturated rings. The maximum absolute atomic E-state index is 12.9. The highest BCUT2D eigenvalue weighted by Gasteiger charge is 2.16. The van der Waals surface area contributed by atoms with Crippen molar-refractivity contribution in [1.82, 2.24) is 10.6 Å². The van der Waals surface area contributed by atoms with Crippen molar-refractivity contribution in [2.45, 2.75) is 12.6 Å². The predicted molar refractivity (Wildman–Crippen MR) is 63.1 cm³/mol. The number of carbonyl (C=O) groups is 2. The van der Waals surface area contributed by atoms with Crippen LogP contribution in [0.4, 0.5) is 4.39 Å². The van der Waals surface area contributed by atoms with Crippen molar-refractivity contribution in [2.24, 2.45) is 0 Å². The minimum atomic E-state index is -0.749. The molecule has 18 heavy (non-hydrogen) atoms. The van der Waals surface area contributed by atoms with Gasteiger partial charge < -0.3 is 15.4 Å². The summed E-state index contributed by atoms with van der Waals surface area (Å²) in [5.74, 6) is -0.741. The second-order valence-corrected chi connectivity index (χ2v) is 3.64. The van der Waals surface area contributed by atoms with E-state index in [4.69, 9.17) is 4.74 Å². The van der Waals surface area contributed by atoms with E-state index in [1.807, 2.05) is 0 Å². The van der Waals surface area contributed by atoms with Crippen LogP contribution in [0.2, 0.25) is 0 Å². The van der Waals surface area contributed by atoms with Gasteiger partial charge in [0, 0.05) is 13.7 Å². The van der Waals surface area contributed by atoms with Crippen LogP contribution >= 0.6 is 0 Å². The number of rotatable bonds is 7. The van der Waals surface area contributed by atoms with Crippen LogP contribution in [0.1, 0.15) is 5.56 Å². The fraction of sp³-hybridized carbons (Fsp3) is 0.333. The number of amides is 2. The molecule has 0 saturated carbocycles. The fourth-order valence-corrected chi connectivity index (χ4v) is 1.41. The van der Waals surface area contributed by atoms with Gasteiger partial charge in [-0.15, -0.1) is 0 Å². The fourth-order valence-electron chi connectivity index (χ4n) is 1.41. The second kappa shape index (κ2) is 7.39. The third-order valence-electron chi connectivity index (χ3n) is 2.27. The van der Waals surface area contributed by atoms with Gasteiger partial charge in [0.25, 0.3) is 0 Å². The van der Waals surface area contributed by atoms with Crippen LogP contribution in [0.25, 0.3) is 0 Å². The number of ether oxygens (including phenoxy) is 1. The lowest BCUT2D eigenvalue weighted by molar-refractivity contribution is -0.126. The maximum Gasteiger partial charge on any atom is 0.245 e. The number of halogens is 1. The molecule has 5 nitrogen and oxygen atoms in total. The highest BCUT2D eigenvalue weighted by Crippen LogP contribution is 2.02. The Labute approximate surface area is 104 Å². The number of methoxy groups -OCH3 is 1. The van der Waals surface area contributed by atoms with Crippen LogP contribution in [-0.2, 0) is 20.9 Å². The van der Waals surface area contributed by atoms with E-state index in [9.17, 15) is 14.0 Å². The van der Waals surface area contributed by atoms with Crippen LogP contribution in [0, 0.1) is 5.82 Å². The first kappa shape index (κ1) is 14.1. The number of benzene rings is 1. The zero-order chi connectivity index (χ0) is 13.4. The SMILES string of the molecule is COCC(NC=O)C(=O)NCc1cccc(F)c1. The third kappa shape index (κ3) is 4.50. The number of hydrogen-bond donors (Lipinski definition) is 2. The Morgan fingerprint density at radius 1 is 1.56 bits per heavy atom. The molecular weight excluding hydrogens is 239 g/mol. The second-order valence-electron chi connectivity index (χ2n) is 3.64. The van der Waals surface area contributed by atoms with Gasteiger partial charge in [-0.2, -0.15) is 0 Å². The molecule has 1 rings (SSSR count). The van der Waals surface area contributed by atoms with Gasteiger partial charge in [-0.25, -0.2) is 4.39 Å². The van der Waals surface area contributed by atoms with E-state index < -0.39 is 6.04 Å². The van der Waals surface area contributed by atoms with Gasteiger partial charge in [0.05, 0.1) is 6.61 Å². The van der Waals surface area contributed by atoms with Crippen molar-refractivity contribution in [3.63, 3.8) is 0 Å². The van der Waals surface area contributed by atoms with Crippen molar-refractivity contribution in [1.29, 1.82) is 0 Å². The standard InChI is InChI=1S/C12H15FN2O3/c1-18-7-11(15-8-16)12(17)14-6-9-3-2-4-10(13)5-9/h2-5,8,11H,6-7H2,1H3,(H,14,17)(H,15,16). The highest BCUT2D eigenvalue weighted by molar-refractivity contribution is 5.83. The molecule has 0 heterocycles. The smallest absolute Gasteiger partial charge is 0.245 e. The summed E-state index contributed by atoms with van der Waals surface area (Å²) in [5.41, 5.74) is 0.644. The summed E-state index contributed by atoms with van der Waals surface area (Å²) >= 11 is 0. The number of nitrogens with one attached hydrogen (secondary N) is 2. The molecule has 6 heteroatoms. The minimum absolute atomic E-state index is 0.0771. The molecule has 1 aromatic rings. The van der Waals surface area contributed by atoms with Crippen LogP contribution in [0.3, 0.4) is 0 Å². The van der Waals surface area contributed by atoms with Crippen molar-refractivity contribution in [3.8, 4) is 0 Å². The Bertz CT molecular complexity index is 412. The van der Waals surface area contributed by atoms with Crippen LogP contribution in [0.15, 0.2) is 24.3 Å². The third-order valence-corrected chi connectivity index (χ3v) is 2.27. The Kier molecular flexibility index (Phi) is 5.79. The molecule has 0 spiro atoms. The van der Waals surface area contributed by atoms with Gasteiger partial charge in [0.1, 0.15) is 11.9 Å².